The third-order valence-electron chi connectivity index (χ3n) is 13.9. The highest BCUT2D eigenvalue weighted by atomic mass is 16.7. The molecule has 1 fully saturated rings. The maximum atomic E-state index is 13.0. The zero-order valence-electron chi connectivity index (χ0n) is 46.9. The van der Waals surface area contributed by atoms with Crippen molar-refractivity contribution in [1.82, 2.24) is 5.32 Å². The average molecular weight is 1020 g/mol. The second-order valence-electron chi connectivity index (χ2n) is 20.7. The number of aliphatic hydroxyl groups is 5. The van der Waals surface area contributed by atoms with Gasteiger partial charge in [0.2, 0.25) is 5.91 Å². The van der Waals surface area contributed by atoms with Gasteiger partial charge in [0, 0.05) is 6.42 Å². The van der Waals surface area contributed by atoms with E-state index in [2.05, 4.69) is 92.1 Å². The number of nitrogens with one attached hydrogen (secondary N) is 1. The number of aliphatic hydroxyl groups excluding tert-OH is 5. The van der Waals surface area contributed by atoms with E-state index in [0.717, 1.165) is 96.3 Å². The summed E-state index contributed by atoms with van der Waals surface area (Å²) in [4.78, 5) is 13.0. The smallest absolute Gasteiger partial charge is 0.220 e. The van der Waals surface area contributed by atoms with Gasteiger partial charge in [-0.2, -0.15) is 0 Å². The summed E-state index contributed by atoms with van der Waals surface area (Å²) < 4.78 is 11.2. The van der Waals surface area contributed by atoms with E-state index in [9.17, 15) is 30.3 Å². The number of hydrogen-bond acceptors (Lipinski definition) is 8. The molecule has 0 aliphatic carbocycles. The number of rotatable bonds is 51. The monoisotopic (exact) mass is 1020 g/mol. The second-order valence-corrected chi connectivity index (χ2v) is 20.7. The van der Waals surface area contributed by atoms with Crippen molar-refractivity contribution in [1.29, 1.82) is 0 Å². The SMILES string of the molecule is CC/C=C\C/C=C\C/C=C\C/C=C\CCCCCCCCC(=O)NC(COC1OC(CO)C(O)C(O)C1O)C(O)/C=C/CC/C=C/CC/C=C/CCCCCCCCCCCCCCCCCCCCCCC. The molecular formula is C64H113NO8. The minimum absolute atomic E-state index is 0.206. The van der Waals surface area contributed by atoms with Gasteiger partial charge in [-0.25, -0.2) is 0 Å². The van der Waals surface area contributed by atoms with Gasteiger partial charge in [0.25, 0.3) is 0 Å². The van der Waals surface area contributed by atoms with Gasteiger partial charge in [0.15, 0.2) is 6.29 Å². The van der Waals surface area contributed by atoms with Gasteiger partial charge in [-0.05, 0) is 83.5 Å². The van der Waals surface area contributed by atoms with E-state index in [1.165, 1.54) is 141 Å². The van der Waals surface area contributed by atoms with Crippen molar-refractivity contribution in [2.75, 3.05) is 13.2 Å². The lowest BCUT2D eigenvalue weighted by Gasteiger charge is -2.40. The molecule has 1 heterocycles. The fourth-order valence-corrected chi connectivity index (χ4v) is 9.18. The quantitative estimate of drug-likeness (QED) is 0.0261. The highest BCUT2D eigenvalue weighted by molar-refractivity contribution is 5.76. The van der Waals surface area contributed by atoms with E-state index in [4.69, 9.17) is 9.47 Å². The summed E-state index contributed by atoms with van der Waals surface area (Å²) in [5.41, 5.74) is 0. The Balaban J connectivity index is 2.23. The molecule has 0 radical (unpaired) electrons. The van der Waals surface area contributed by atoms with Crippen LogP contribution in [0.1, 0.15) is 258 Å². The average Bonchev–Trinajstić information content (AvgIpc) is 3.39. The highest BCUT2D eigenvalue weighted by Gasteiger charge is 2.44. The molecule has 0 aromatic rings. The first kappa shape index (κ1) is 68.4. The van der Waals surface area contributed by atoms with E-state index in [0.29, 0.717) is 6.42 Å². The number of amides is 1. The van der Waals surface area contributed by atoms with E-state index in [-0.39, 0.29) is 12.5 Å². The lowest BCUT2D eigenvalue weighted by atomic mass is 9.99. The molecule has 0 aromatic carbocycles. The summed E-state index contributed by atoms with van der Waals surface area (Å²) in [6, 6.07) is -0.842. The van der Waals surface area contributed by atoms with Gasteiger partial charge >= 0.3 is 0 Å². The predicted octanol–water partition coefficient (Wildman–Crippen LogP) is 15.4. The normalized spacial score (nSPS) is 19.7. The van der Waals surface area contributed by atoms with Crippen LogP contribution in [0.25, 0.3) is 0 Å². The molecule has 0 saturated carbocycles. The molecule has 1 saturated heterocycles. The van der Waals surface area contributed by atoms with E-state index >= 15 is 0 Å². The Kier molecular flexibility index (Phi) is 49.5. The van der Waals surface area contributed by atoms with Crippen LogP contribution in [0.15, 0.2) is 85.1 Å². The lowest BCUT2D eigenvalue weighted by molar-refractivity contribution is -0.302. The largest absolute Gasteiger partial charge is 0.394 e. The van der Waals surface area contributed by atoms with Gasteiger partial charge in [-0.15, -0.1) is 0 Å². The fourth-order valence-electron chi connectivity index (χ4n) is 9.18. The number of unbranched alkanes of at least 4 members (excludes halogenated alkanes) is 29. The van der Waals surface area contributed by atoms with Crippen molar-refractivity contribution in [2.24, 2.45) is 0 Å². The number of carbonyl (C=O) groups excluding carboxylic acids is 1. The number of hydrogen-bond donors (Lipinski definition) is 6. The molecule has 1 rings (SSSR count). The Morgan fingerprint density at radius 3 is 1.32 bits per heavy atom. The first-order valence-corrected chi connectivity index (χ1v) is 30.3. The molecule has 9 heteroatoms. The third-order valence-corrected chi connectivity index (χ3v) is 13.9. The molecule has 0 aromatic heterocycles. The molecule has 7 unspecified atom stereocenters. The van der Waals surface area contributed by atoms with Crippen LogP contribution < -0.4 is 5.32 Å². The number of allylic oxidation sites excluding steroid dienone is 13. The minimum Gasteiger partial charge on any atom is -0.394 e. The molecule has 1 aliphatic heterocycles. The topological polar surface area (TPSA) is 149 Å². The standard InChI is InChI=1S/C64H113NO8/c1-3-5-7-9-11-13-15-17-19-21-23-24-25-26-27-28-29-30-31-32-33-34-36-37-39-41-43-45-47-49-51-53-58(67)57(56-72-64-63(71)62(70)61(69)59(55-66)73-64)65-60(68)54-52-50-48-46-44-42-40-38-35-22-20-18-16-14-12-10-8-6-4-2/h6,8,12,14,18,20,35-38,43,45,51,53,57-59,61-64,66-67,69-71H,3-5,7,9-11,13,15-17,19,21-34,39-42,44,46-50,52,54-56H2,1-2H3,(H,65,68)/b8-6-,14-12-,20-18-,37-36+,38-35-,45-43+,53-51+. The molecule has 73 heavy (non-hydrogen) atoms. The maximum Gasteiger partial charge on any atom is 0.220 e. The molecule has 422 valence electrons. The molecule has 9 nitrogen and oxygen atoms in total. The molecule has 1 aliphatic rings. The molecular weight excluding hydrogens is 911 g/mol. The molecule has 0 spiro atoms. The Morgan fingerprint density at radius 2 is 0.863 bits per heavy atom. The van der Waals surface area contributed by atoms with Crippen LogP contribution in [-0.2, 0) is 14.3 Å². The van der Waals surface area contributed by atoms with Crippen LogP contribution in [0, 0.1) is 0 Å². The van der Waals surface area contributed by atoms with Crippen LogP contribution in [0.5, 0.6) is 0 Å². The summed E-state index contributed by atoms with van der Waals surface area (Å²) in [7, 11) is 0. The van der Waals surface area contributed by atoms with Crippen LogP contribution in [0.3, 0.4) is 0 Å². The molecule has 1 amide bonds. The van der Waals surface area contributed by atoms with Crippen molar-refractivity contribution in [3.8, 4) is 0 Å². The van der Waals surface area contributed by atoms with Gasteiger partial charge in [0.05, 0.1) is 25.4 Å². The van der Waals surface area contributed by atoms with Crippen LogP contribution in [-0.4, -0.2) is 87.5 Å². The Morgan fingerprint density at radius 1 is 0.479 bits per heavy atom. The predicted molar refractivity (Wildman–Crippen MR) is 308 cm³/mol. The summed E-state index contributed by atoms with van der Waals surface area (Å²) in [5, 5.41) is 54.5. The molecule has 0 bridgehead atoms. The van der Waals surface area contributed by atoms with Gasteiger partial charge in [-0.3, -0.25) is 4.79 Å². The maximum absolute atomic E-state index is 13.0. The van der Waals surface area contributed by atoms with E-state index in [1.54, 1.807) is 6.08 Å². The summed E-state index contributed by atoms with van der Waals surface area (Å²) in [6.07, 6.45) is 68.1. The van der Waals surface area contributed by atoms with Crippen LogP contribution >= 0.6 is 0 Å². The van der Waals surface area contributed by atoms with Gasteiger partial charge in [0.1, 0.15) is 24.4 Å². The number of ether oxygens (including phenoxy) is 2. The van der Waals surface area contributed by atoms with Crippen molar-refractivity contribution < 1.29 is 39.8 Å². The van der Waals surface area contributed by atoms with E-state index < -0.39 is 49.5 Å². The fraction of sp³-hybridized carbons (Fsp3) is 0.766. The first-order valence-electron chi connectivity index (χ1n) is 30.3. The Hall–Kier alpha value is -2.63. The van der Waals surface area contributed by atoms with Crippen molar-refractivity contribution in [3.05, 3.63) is 85.1 Å². The minimum atomic E-state index is -1.58. The zero-order valence-corrected chi connectivity index (χ0v) is 46.9. The van der Waals surface area contributed by atoms with Gasteiger partial charge < -0.3 is 40.3 Å². The van der Waals surface area contributed by atoms with Crippen LogP contribution in [0.4, 0.5) is 0 Å². The van der Waals surface area contributed by atoms with Crippen molar-refractivity contribution in [2.45, 2.75) is 301 Å². The first-order chi connectivity index (χ1) is 35.8. The van der Waals surface area contributed by atoms with Crippen molar-refractivity contribution in [3.63, 3.8) is 0 Å². The van der Waals surface area contributed by atoms with Crippen LogP contribution in [0.2, 0.25) is 0 Å². The van der Waals surface area contributed by atoms with E-state index in [1.807, 2.05) is 6.08 Å². The Bertz CT molecular complexity index is 1420. The zero-order chi connectivity index (χ0) is 52.9. The highest BCUT2D eigenvalue weighted by Crippen LogP contribution is 2.23. The lowest BCUT2D eigenvalue weighted by Crippen LogP contribution is -2.60. The molecule has 6 N–H and O–H groups in total. The van der Waals surface area contributed by atoms with Crippen molar-refractivity contribution >= 4 is 5.91 Å². The number of carbonyl (C=O) groups is 1. The third kappa shape index (κ3) is 42.2. The summed E-state index contributed by atoms with van der Waals surface area (Å²) >= 11 is 0. The Labute approximate surface area is 448 Å². The van der Waals surface area contributed by atoms with Gasteiger partial charge in [-0.1, -0.05) is 253 Å². The summed E-state index contributed by atoms with van der Waals surface area (Å²) in [5.74, 6) is -0.206. The second kappa shape index (κ2) is 52.8. The summed E-state index contributed by atoms with van der Waals surface area (Å²) in [6.45, 7) is 3.65. The molecule has 7 atom stereocenters.